The summed E-state index contributed by atoms with van der Waals surface area (Å²) in [7, 11) is 0. The molecule has 0 aromatic carbocycles. The number of nitrogens with zero attached hydrogens (tertiary/aromatic N) is 3. The summed E-state index contributed by atoms with van der Waals surface area (Å²) in [6.07, 6.45) is 3.43. The summed E-state index contributed by atoms with van der Waals surface area (Å²) in [5.41, 5.74) is 0. The largest absolute Gasteiger partial charge is 0.381 e. The second-order valence-electron chi connectivity index (χ2n) is 4.38. The number of fused-ring (bicyclic) bond motifs is 1. The number of anilines is 2. The van der Waals surface area contributed by atoms with Gasteiger partial charge in [0.15, 0.2) is 11.6 Å². The highest BCUT2D eigenvalue weighted by molar-refractivity contribution is 9.10. The van der Waals surface area contributed by atoms with Crippen LogP contribution in [0.1, 0.15) is 12.8 Å². The van der Waals surface area contributed by atoms with Gasteiger partial charge in [0, 0.05) is 19.3 Å². The lowest BCUT2D eigenvalue weighted by atomic mass is 10.1. The zero-order valence-corrected chi connectivity index (χ0v) is 11.3. The molecule has 18 heavy (non-hydrogen) atoms. The van der Waals surface area contributed by atoms with Crippen LogP contribution < -0.4 is 10.2 Å². The smallest absolute Gasteiger partial charge is 0.245 e. The van der Waals surface area contributed by atoms with E-state index in [2.05, 4.69) is 31.2 Å². The highest BCUT2D eigenvalue weighted by Gasteiger charge is 2.31. The minimum atomic E-state index is -0.0365. The molecule has 3 heterocycles. The van der Waals surface area contributed by atoms with Gasteiger partial charge >= 0.3 is 0 Å². The van der Waals surface area contributed by atoms with Gasteiger partial charge in [-0.25, -0.2) is 9.97 Å². The average molecular weight is 313 g/mol. The van der Waals surface area contributed by atoms with Crippen molar-refractivity contribution in [3.8, 4) is 0 Å². The van der Waals surface area contributed by atoms with Crippen molar-refractivity contribution >= 4 is 33.5 Å². The number of carbonyl (C=O) groups is 1. The maximum atomic E-state index is 11.7. The number of amides is 1. The molecular weight excluding hydrogens is 300 g/mol. The van der Waals surface area contributed by atoms with Crippen LogP contribution in [0, 0.1) is 0 Å². The Kier molecular flexibility index (Phi) is 3.17. The third-order valence-electron chi connectivity index (χ3n) is 3.20. The Morgan fingerprint density at radius 3 is 3.00 bits per heavy atom. The molecule has 7 heteroatoms. The molecule has 2 aliphatic heterocycles. The first kappa shape index (κ1) is 11.9. The van der Waals surface area contributed by atoms with E-state index in [9.17, 15) is 4.79 Å². The molecule has 1 aromatic rings. The number of halogens is 1. The van der Waals surface area contributed by atoms with Crippen LogP contribution in [0.5, 0.6) is 0 Å². The van der Waals surface area contributed by atoms with Crippen molar-refractivity contribution in [1.29, 1.82) is 0 Å². The third kappa shape index (κ3) is 2.20. The van der Waals surface area contributed by atoms with E-state index in [1.54, 1.807) is 6.20 Å². The van der Waals surface area contributed by atoms with Crippen LogP contribution in [0.2, 0.25) is 0 Å². The van der Waals surface area contributed by atoms with E-state index in [1.165, 1.54) is 0 Å². The first-order chi connectivity index (χ1) is 8.74. The van der Waals surface area contributed by atoms with Gasteiger partial charge in [-0.1, -0.05) is 0 Å². The lowest BCUT2D eigenvalue weighted by Crippen LogP contribution is -2.47. The summed E-state index contributed by atoms with van der Waals surface area (Å²) in [5, 5.41) is 2.75. The van der Waals surface area contributed by atoms with Gasteiger partial charge in [0.25, 0.3) is 0 Å². The van der Waals surface area contributed by atoms with Crippen molar-refractivity contribution in [2.45, 2.75) is 18.9 Å². The molecule has 0 radical (unpaired) electrons. The molecule has 1 amide bonds. The van der Waals surface area contributed by atoms with Crippen molar-refractivity contribution in [2.75, 3.05) is 30.0 Å². The van der Waals surface area contributed by atoms with Crippen LogP contribution in [-0.4, -0.2) is 41.7 Å². The average Bonchev–Trinajstić information content (AvgIpc) is 2.39. The lowest BCUT2D eigenvalue weighted by molar-refractivity contribution is -0.115. The first-order valence-electron chi connectivity index (χ1n) is 5.91. The summed E-state index contributed by atoms with van der Waals surface area (Å²) in [5.74, 6) is 1.25. The number of carbonyl (C=O) groups excluding carboxylic acids is 1. The number of hydrogen-bond donors (Lipinski definition) is 1. The Hall–Kier alpha value is -1.21. The quantitative estimate of drug-likeness (QED) is 0.843. The number of ether oxygens (including phenoxy) is 1. The lowest BCUT2D eigenvalue weighted by Gasteiger charge is -2.37. The fourth-order valence-corrected chi connectivity index (χ4v) is 2.62. The Bertz CT molecular complexity index is 476. The monoisotopic (exact) mass is 312 g/mol. The summed E-state index contributed by atoms with van der Waals surface area (Å²) in [6.45, 7) is 1.81. The Morgan fingerprint density at radius 2 is 2.22 bits per heavy atom. The minimum Gasteiger partial charge on any atom is -0.381 e. The van der Waals surface area contributed by atoms with Gasteiger partial charge in [0.1, 0.15) is 4.60 Å². The summed E-state index contributed by atoms with van der Waals surface area (Å²) >= 11 is 3.32. The second kappa shape index (κ2) is 4.81. The van der Waals surface area contributed by atoms with Crippen LogP contribution in [0.15, 0.2) is 10.8 Å². The van der Waals surface area contributed by atoms with Gasteiger partial charge in [0.2, 0.25) is 5.91 Å². The second-order valence-corrected chi connectivity index (χ2v) is 5.20. The normalized spacial score (nSPS) is 20.5. The first-order valence-corrected chi connectivity index (χ1v) is 6.70. The number of aromatic nitrogens is 2. The maximum Gasteiger partial charge on any atom is 0.245 e. The van der Waals surface area contributed by atoms with Crippen molar-refractivity contribution < 1.29 is 9.53 Å². The fraction of sp³-hybridized carbons (Fsp3) is 0.545. The van der Waals surface area contributed by atoms with Gasteiger partial charge in [-0.05, 0) is 28.8 Å². The SMILES string of the molecule is O=C1CN(C2CCOCC2)c2nc(Br)cnc2N1. The van der Waals surface area contributed by atoms with E-state index in [4.69, 9.17) is 4.74 Å². The van der Waals surface area contributed by atoms with Gasteiger partial charge in [0.05, 0.1) is 12.7 Å². The van der Waals surface area contributed by atoms with Crippen LogP contribution in [0.3, 0.4) is 0 Å². The van der Waals surface area contributed by atoms with E-state index in [0.29, 0.717) is 23.0 Å². The van der Waals surface area contributed by atoms with E-state index >= 15 is 0 Å². The van der Waals surface area contributed by atoms with Crippen molar-refractivity contribution in [3.63, 3.8) is 0 Å². The van der Waals surface area contributed by atoms with Crippen LogP contribution in [-0.2, 0) is 9.53 Å². The topological polar surface area (TPSA) is 67.4 Å². The van der Waals surface area contributed by atoms with E-state index in [-0.39, 0.29) is 5.91 Å². The summed E-state index contributed by atoms with van der Waals surface area (Å²) < 4.78 is 6.03. The molecular formula is C11H13BrN4O2. The molecule has 1 aromatic heterocycles. The molecule has 2 aliphatic rings. The van der Waals surface area contributed by atoms with E-state index in [1.807, 2.05) is 4.90 Å². The minimum absolute atomic E-state index is 0.0365. The highest BCUT2D eigenvalue weighted by Crippen LogP contribution is 2.30. The molecule has 1 fully saturated rings. The standard InChI is InChI=1S/C11H13BrN4O2/c12-8-5-13-10-11(14-8)16(6-9(17)15-10)7-1-3-18-4-2-7/h5,7H,1-4,6H2,(H,13,15,17). The molecule has 0 bridgehead atoms. The number of nitrogens with one attached hydrogen (secondary N) is 1. The van der Waals surface area contributed by atoms with Crippen LogP contribution in [0.4, 0.5) is 11.6 Å². The highest BCUT2D eigenvalue weighted by atomic mass is 79.9. The van der Waals surface area contributed by atoms with E-state index in [0.717, 1.165) is 31.9 Å². The van der Waals surface area contributed by atoms with Gasteiger partial charge in [-0.2, -0.15) is 0 Å². The van der Waals surface area contributed by atoms with Gasteiger partial charge < -0.3 is 15.0 Å². The van der Waals surface area contributed by atoms with Crippen LogP contribution in [0.25, 0.3) is 0 Å². The molecule has 1 saturated heterocycles. The molecule has 1 N–H and O–H groups in total. The number of rotatable bonds is 1. The molecule has 96 valence electrons. The Labute approximate surface area is 113 Å². The van der Waals surface area contributed by atoms with Crippen molar-refractivity contribution in [1.82, 2.24) is 9.97 Å². The Morgan fingerprint density at radius 1 is 1.44 bits per heavy atom. The zero-order valence-electron chi connectivity index (χ0n) is 9.73. The predicted molar refractivity (Wildman–Crippen MR) is 69.5 cm³/mol. The molecule has 0 unspecified atom stereocenters. The maximum absolute atomic E-state index is 11.7. The predicted octanol–water partition coefficient (Wildman–Crippen LogP) is 1.18. The van der Waals surface area contributed by atoms with Crippen molar-refractivity contribution in [2.24, 2.45) is 0 Å². The van der Waals surface area contributed by atoms with Gasteiger partial charge in [-0.15, -0.1) is 0 Å². The third-order valence-corrected chi connectivity index (χ3v) is 3.58. The molecule has 3 rings (SSSR count). The zero-order chi connectivity index (χ0) is 12.5. The van der Waals surface area contributed by atoms with Crippen LogP contribution >= 0.6 is 15.9 Å². The molecule has 0 spiro atoms. The number of hydrogen-bond acceptors (Lipinski definition) is 5. The fourth-order valence-electron chi connectivity index (χ4n) is 2.35. The molecule has 0 saturated carbocycles. The molecule has 6 nitrogen and oxygen atoms in total. The summed E-state index contributed by atoms with van der Waals surface area (Å²) in [4.78, 5) is 22.4. The van der Waals surface area contributed by atoms with Gasteiger partial charge in [-0.3, -0.25) is 4.79 Å². The summed E-state index contributed by atoms with van der Waals surface area (Å²) in [6, 6.07) is 0.298. The van der Waals surface area contributed by atoms with Crippen molar-refractivity contribution in [3.05, 3.63) is 10.8 Å². The molecule has 0 atom stereocenters. The molecule has 0 aliphatic carbocycles. The van der Waals surface area contributed by atoms with E-state index < -0.39 is 0 Å². The Balaban J connectivity index is 1.94.